The molecule has 1 aromatic rings. The normalized spacial score (nSPS) is 16.2. The Bertz CT molecular complexity index is 497. The van der Waals surface area contributed by atoms with Crippen molar-refractivity contribution in [1.82, 2.24) is 10.2 Å². The number of thioether (sulfide) groups is 1. The van der Waals surface area contributed by atoms with Gasteiger partial charge in [0, 0.05) is 17.0 Å². The summed E-state index contributed by atoms with van der Waals surface area (Å²) < 4.78 is 0. The van der Waals surface area contributed by atoms with E-state index in [1.54, 1.807) is 6.92 Å². The van der Waals surface area contributed by atoms with Gasteiger partial charge in [0.15, 0.2) is 0 Å². The lowest BCUT2D eigenvalue weighted by molar-refractivity contribution is 1.03. The summed E-state index contributed by atoms with van der Waals surface area (Å²) in [5.41, 5.74) is 3.94. The van der Waals surface area contributed by atoms with Crippen molar-refractivity contribution in [3.05, 3.63) is 17.0 Å². The molecule has 1 aliphatic rings. The highest BCUT2D eigenvalue weighted by Gasteiger charge is 2.29. The van der Waals surface area contributed by atoms with Gasteiger partial charge in [-0.15, -0.1) is 0 Å². The molecule has 0 saturated heterocycles. The van der Waals surface area contributed by atoms with Crippen LogP contribution in [0.2, 0.25) is 0 Å². The molecule has 2 heterocycles. The minimum absolute atomic E-state index is 0.490. The number of nitrogens with one attached hydrogen (secondary N) is 3. The predicted octanol–water partition coefficient (Wildman–Crippen LogP) is 3.64. The Morgan fingerprint density at radius 1 is 1.29 bits per heavy atom. The Balaban J connectivity index is 0.000000686. The lowest BCUT2D eigenvalue weighted by Gasteiger charge is -2.02. The van der Waals surface area contributed by atoms with Gasteiger partial charge in [-0.2, -0.15) is 5.10 Å². The minimum atomic E-state index is 0.490. The molecule has 0 atom stereocenters. The van der Waals surface area contributed by atoms with Crippen LogP contribution in [0.4, 0.5) is 0 Å². The summed E-state index contributed by atoms with van der Waals surface area (Å²) in [6.07, 6.45) is 0. The molecule has 92 valence electrons. The van der Waals surface area contributed by atoms with Crippen molar-refractivity contribution in [2.24, 2.45) is 0 Å². The average molecular weight is 250 g/mol. The molecule has 0 unspecified atom stereocenters. The van der Waals surface area contributed by atoms with E-state index < -0.39 is 0 Å². The molecule has 0 aromatic carbocycles. The monoisotopic (exact) mass is 250 g/mol. The molecule has 5 heteroatoms. The molecule has 1 aliphatic heterocycles. The molecule has 0 aliphatic carbocycles. The van der Waals surface area contributed by atoms with Gasteiger partial charge in [0.2, 0.25) is 0 Å². The Kier molecular flexibility index (Phi) is 4.28. The highest BCUT2D eigenvalue weighted by Crippen LogP contribution is 2.42. The summed E-state index contributed by atoms with van der Waals surface area (Å²) in [5, 5.41) is 23.1. The molecular weight excluding hydrogens is 232 g/mol. The smallest absolute Gasteiger partial charge is 0.109 e. The van der Waals surface area contributed by atoms with E-state index in [0.29, 0.717) is 10.8 Å². The standard InChI is InChI=1S/C10H12N4S.C2H6/c1-4(5(2)11)7-8-9(15-10(7)12)6(3)13-14-8;1-2/h11-12H,1-3H3,(H,13,14);1-2H3/b7-4-,11-5?,12-10?;. The van der Waals surface area contributed by atoms with Gasteiger partial charge < -0.3 is 5.41 Å². The first-order valence-electron chi connectivity index (χ1n) is 5.61. The molecule has 0 spiro atoms. The Morgan fingerprint density at radius 3 is 2.41 bits per heavy atom. The van der Waals surface area contributed by atoms with Gasteiger partial charge in [-0.3, -0.25) is 10.5 Å². The Morgan fingerprint density at radius 2 is 1.88 bits per heavy atom. The quantitative estimate of drug-likeness (QED) is 0.665. The first-order chi connectivity index (χ1) is 8.02. The number of aromatic nitrogens is 2. The van der Waals surface area contributed by atoms with Crippen molar-refractivity contribution in [2.45, 2.75) is 39.5 Å². The Hall–Kier alpha value is -1.36. The Labute approximate surface area is 106 Å². The first kappa shape index (κ1) is 13.7. The molecule has 17 heavy (non-hydrogen) atoms. The van der Waals surface area contributed by atoms with Crippen molar-refractivity contribution >= 4 is 28.1 Å². The van der Waals surface area contributed by atoms with Crippen LogP contribution in [-0.4, -0.2) is 21.0 Å². The predicted molar refractivity (Wildman–Crippen MR) is 74.3 cm³/mol. The van der Waals surface area contributed by atoms with E-state index >= 15 is 0 Å². The van der Waals surface area contributed by atoms with E-state index in [1.807, 2.05) is 27.7 Å². The van der Waals surface area contributed by atoms with Gasteiger partial charge in [0.25, 0.3) is 0 Å². The van der Waals surface area contributed by atoms with Crippen LogP contribution in [0.15, 0.2) is 10.5 Å². The molecule has 0 radical (unpaired) electrons. The number of H-pyrrole nitrogens is 1. The van der Waals surface area contributed by atoms with Crippen LogP contribution < -0.4 is 0 Å². The SMILES string of the molecule is CC.CC(=N)/C(C)=C1\C(=N)Sc2c1n[nH]c2C. The summed E-state index contributed by atoms with van der Waals surface area (Å²) in [6, 6.07) is 0. The third-order valence-electron chi connectivity index (χ3n) is 2.50. The van der Waals surface area contributed by atoms with Crippen molar-refractivity contribution in [2.75, 3.05) is 0 Å². The number of fused-ring (bicyclic) bond motifs is 1. The zero-order chi connectivity index (χ0) is 13.2. The summed E-state index contributed by atoms with van der Waals surface area (Å²) in [5.74, 6) is 0. The van der Waals surface area contributed by atoms with E-state index in [2.05, 4.69) is 10.2 Å². The summed E-state index contributed by atoms with van der Waals surface area (Å²) in [4.78, 5) is 1.02. The van der Waals surface area contributed by atoms with E-state index in [1.165, 1.54) is 11.8 Å². The van der Waals surface area contributed by atoms with Crippen LogP contribution in [0.1, 0.15) is 39.1 Å². The van der Waals surface area contributed by atoms with Gasteiger partial charge in [-0.05, 0) is 26.3 Å². The van der Waals surface area contributed by atoms with E-state index in [9.17, 15) is 0 Å². The maximum absolute atomic E-state index is 7.88. The summed E-state index contributed by atoms with van der Waals surface area (Å²) >= 11 is 1.41. The third kappa shape index (κ3) is 2.34. The fraction of sp³-hybridized carbons (Fsp3) is 0.417. The molecule has 0 bridgehead atoms. The number of aromatic amines is 1. The minimum Gasteiger partial charge on any atom is -0.305 e. The zero-order valence-electron chi connectivity index (χ0n) is 10.9. The average Bonchev–Trinajstić information content (AvgIpc) is 2.80. The third-order valence-corrected chi connectivity index (χ3v) is 3.61. The lowest BCUT2D eigenvalue weighted by Crippen LogP contribution is -2.00. The molecule has 1 aromatic heterocycles. The second kappa shape index (κ2) is 5.31. The van der Waals surface area contributed by atoms with Crippen LogP contribution >= 0.6 is 11.8 Å². The number of allylic oxidation sites excluding steroid dienone is 1. The van der Waals surface area contributed by atoms with Gasteiger partial charge >= 0.3 is 0 Å². The molecule has 0 amide bonds. The first-order valence-corrected chi connectivity index (χ1v) is 6.42. The number of aryl methyl sites for hydroxylation is 1. The van der Waals surface area contributed by atoms with Gasteiger partial charge in [0.1, 0.15) is 10.7 Å². The maximum Gasteiger partial charge on any atom is 0.109 e. The van der Waals surface area contributed by atoms with Gasteiger partial charge in [-0.25, -0.2) is 0 Å². The summed E-state index contributed by atoms with van der Waals surface area (Å²) in [7, 11) is 0. The van der Waals surface area contributed by atoms with E-state index in [-0.39, 0.29) is 0 Å². The van der Waals surface area contributed by atoms with E-state index in [0.717, 1.165) is 27.4 Å². The number of rotatable bonds is 1. The van der Waals surface area contributed by atoms with Crippen molar-refractivity contribution in [1.29, 1.82) is 10.8 Å². The molecule has 4 nitrogen and oxygen atoms in total. The number of hydrogen-bond acceptors (Lipinski definition) is 4. The topological polar surface area (TPSA) is 76.4 Å². The number of hydrogen-bond donors (Lipinski definition) is 3. The van der Waals surface area contributed by atoms with Crippen LogP contribution in [0.25, 0.3) is 5.57 Å². The zero-order valence-corrected chi connectivity index (χ0v) is 11.7. The van der Waals surface area contributed by atoms with Crippen LogP contribution in [0.5, 0.6) is 0 Å². The lowest BCUT2D eigenvalue weighted by atomic mass is 10.0. The molecule has 0 fully saturated rings. The highest BCUT2D eigenvalue weighted by atomic mass is 32.2. The van der Waals surface area contributed by atoms with Crippen LogP contribution in [0, 0.1) is 17.7 Å². The maximum atomic E-state index is 7.88. The van der Waals surface area contributed by atoms with E-state index in [4.69, 9.17) is 10.8 Å². The molecule has 2 rings (SSSR count). The van der Waals surface area contributed by atoms with Crippen LogP contribution in [0.3, 0.4) is 0 Å². The van der Waals surface area contributed by atoms with Crippen LogP contribution in [-0.2, 0) is 0 Å². The number of nitrogens with zero attached hydrogens (tertiary/aromatic N) is 1. The second-order valence-corrected chi connectivity index (χ2v) is 4.60. The van der Waals surface area contributed by atoms with Crippen molar-refractivity contribution < 1.29 is 0 Å². The van der Waals surface area contributed by atoms with Crippen molar-refractivity contribution in [3.63, 3.8) is 0 Å². The van der Waals surface area contributed by atoms with Gasteiger partial charge in [0.05, 0.1) is 4.90 Å². The second-order valence-electron chi connectivity index (χ2n) is 3.58. The van der Waals surface area contributed by atoms with Gasteiger partial charge in [-0.1, -0.05) is 25.6 Å². The van der Waals surface area contributed by atoms with Crippen molar-refractivity contribution in [3.8, 4) is 0 Å². The molecular formula is C12H18N4S. The molecule has 0 saturated carbocycles. The highest BCUT2D eigenvalue weighted by molar-refractivity contribution is 8.15. The largest absolute Gasteiger partial charge is 0.305 e. The fourth-order valence-corrected chi connectivity index (χ4v) is 2.51. The molecule has 3 N–H and O–H groups in total. The fourth-order valence-electron chi connectivity index (χ4n) is 1.51. The summed E-state index contributed by atoms with van der Waals surface area (Å²) in [6.45, 7) is 9.55.